The number of nitrogens with zero attached hydrogens (tertiary/aromatic N) is 4. The fourth-order valence-electron chi connectivity index (χ4n) is 4.31. The van der Waals surface area contributed by atoms with E-state index in [1.807, 2.05) is 0 Å². The van der Waals surface area contributed by atoms with Crippen molar-refractivity contribution in [1.29, 1.82) is 0 Å². The molecule has 2 aromatic heterocycles. The van der Waals surface area contributed by atoms with Crippen LogP contribution in [-0.2, 0) is 23.1 Å². The molecule has 0 spiro atoms. The topological polar surface area (TPSA) is 116 Å². The van der Waals surface area contributed by atoms with Crippen LogP contribution >= 0.6 is 0 Å². The Balaban J connectivity index is 1.93. The van der Waals surface area contributed by atoms with Crippen LogP contribution in [0, 0.1) is 16.0 Å². The number of aromatic nitrogens is 3. The Morgan fingerprint density at radius 2 is 1.85 bits per heavy atom. The van der Waals surface area contributed by atoms with E-state index in [9.17, 15) is 36.5 Å². The van der Waals surface area contributed by atoms with Gasteiger partial charge in [-0.25, -0.2) is 4.98 Å². The zero-order valence-corrected chi connectivity index (χ0v) is 21.8. The minimum Gasteiger partial charge on any atom is -0.415 e. The van der Waals surface area contributed by atoms with Crippen LogP contribution in [0.3, 0.4) is 0 Å². The lowest BCUT2D eigenvalue weighted by Crippen LogP contribution is -2.45. The highest BCUT2D eigenvalue weighted by Crippen LogP contribution is 2.47. The van der Waals surface area contributed by atoms with E-state index in [4.69, 9.17) is 9.15 Å². The maximum absolute atomic E-state index is 14.8. The van der Waals surface area contributed by atoms with Crippen LogP contribution in [0.25, 0.3) is 11.6 Å². The summed E-state index contributed by atoms with van der Waals surface area (Å²) in [4.78, 5) is 14.4. The quantitative estimate of drug-likeness (QED) is 0.145. The third-order valence-corrected chi connectivity index (χ3v) is 6.61. The fourth-order valence-corrected chi connectivity index (χ4v) is 4.31. The van der Waals surface area contributed by atoms with Gasteiger partial charge in [-0.05, 0) is 24.3 Å². The molecule has 1 aliphatic heterocycles. The van der Waals surface area contributed by atoms with Crippen LogP contribution in [0.2, 0.25) is 0 Å². The summed E-state index contributed by atoms with van der Waals surface area (Å²) in [6.07, 6.45) is -7.82. The van der Waals surface area contributed by atoms with E-state index in [0.29, 0.717) is 5.56 Å². The number of hydrogen-bond donors (Lipinski definition) is 1. The van der Waals surface area contributed by atoms with Crippen molar-refractivity contribution in [2.75, 3.05) is 5.32 Å². The maximum Gasteiger partial charge on any atom is 0.426 e. The van der Waals surface area contributed by atoms with Crippen molar-refractivity contribution in [3.8, 4) is 11.6 Å². The molecule has 4 bridgehead atoms. The molecule has 0 saturated carbocycles. The van der Waals surface area contributed by atoms with Gasteiger partial charge in [-0.15, -0.1) is 10.2 Å². The SMILES string of the molecule is CC(C)C1CC/C=C/C[C@](OCc2ccccc2)(C(F)(F)F)c2nnc(o2)-c2nc(c(C(F)(F)F)cc2[N+](=O)[O-])N1. The molecule has 15 heteroatoms. The fraction of sp³-hybridized carbons (Fsp3) is 0.423. The van der Waals surface area contributed by atoms with Crippen molar-refractivity contribution in [3.05, 3.63) is 75.7 Å². The van der Waals surface area contributed by atoms with Crippen LogP contribution in [-0.4, -0.2) is 32.3 Å². The first-order valence-electron chi connectivity index (χ1n) is 12.5. The summed E-state index contributed by atoms with van der Waals surface area (Å²) in [5, 5.41) is 21.5. The Bertz CT molecular complexity index is 1410. The summed E-state index contributed by atoms with van der Waals surface area (Å²) in [7, 11) is 0. The normalized spacial score (nSPS) is 20.8. The molecule has 3 heterocycles. The van der Waals surface area contributed by atoms with E-state index >= 15 is 0 Å². The Morgan fingerprint density at radius 3 is 2.46 bits per heavy atom. The predicted octanol–water partition coefficient (Wildman–Crippen LogP) is 7.21. The highest BCUT2D eigenvalue weighted by molar-refractivity contribution is 5.68. The van der Waals surface area contributed by atoms with Crippen LogP contribution in [0.1, 0.15) is 50.1 Å². The van der Waals surface area contributed by atoms with Crippen molar-refractivity contribution in [3.63, 3.8) is 0 Å². The number of pyridine rings is 1. The molecule has 0 saturated heterocycles. The number of hydrogen-bond acceptors (Lipinski definition) is 8. The zero-order valence-electron chi connectivity index (χ0n) is 21.8. The number of ether oxygens (including phenoxy) is 1. The second-order valence-electron chi connectivity index (χ2n) is 9.77. The molecule has 2 atom stereocenters. The molecule has 3 aromatic rings. The number of alkyl halides is 6. The summed E-state index contributed by atoms with van der Waals surface area (Å²) in [5.74, 6) is -2.94. The second kappa shape index (κ2) is 11.5. The second-order valence-corrected chi connectivity index (χ2v) is 9.77. The Morgan fingerprint density at radius 1 is 1.15 bits per heavy atom. The Hall–Kier alpha value is -4.01. The lowest BCUT2D eigenvalue weighted by molar-refractivity contribution is -0.384. The van der Waals surface area contributed by atoms with Gasteiger partial charge in [-0.1, -0.05) is 56.3 Å². The van der Waals surface area contributed by atoms with Crippen molar-refractivity contribution in [2.45, 2.75) is 63.7 Å². The predicted molar refractivity (Wildman–Crippen MR) is 133 cm³/mol. The molecule has 0 aliphatic carbocycles. The number of fused-ring (bicyclic) bond motifs is 5. The number of halogens is 6. The van der Waals surface area contributed by atoms with Crippen LogP contribution in [0.4, 0.5) is 37.8 Å². The first-order chi connectivity index (χ1) is 19.2. The average Bonchev–Trinajstić information content (AvgIpc) is 3.38. The molecule has 0 radical (unpaired) electrons. The summed E-state index contributed by atoms with van der Waals surface area (Å²) >= 11 is 0. The van der Waals surface area contributed by atoms with Gasteiger partial charge in [0.1, 0.15) is 11.4 Å². The van der Waals surface area contributed by atoms with Gasteiger partial charge >= 0.3 is 18.0 Å². The molecular formula is C26H25F6N5O4. The van der Waals surface area contributed by atoms with Gasteiger partial charge in [0.25, 0.3) is 11.8 Å². The minimum absolute atomic E-state index is 0.193. The Kier molecular flexibility index (Phi) is 8.38. The summed E-state index contributed by atoms with van der Waals surface area (Å²) < 4.78 is 96.9. The molecule has 0 fully saturated rings. The first-order valence-corrected chi connectivity index (χ1v) is 12.5. The van der Waals surface area contributed by atoms with Crippen LogP contribution in [0.5, 0.6) is 0 Å². The first kappa shape index (κ1) is 30.0. The van der Waals surface area contributed by atoms with Gasteiger partial charge in [-0.3, -0.25) is 10.1 Å². The number of nitrogens with one attached hydrogen (secondary N) is 1. The van der Waals surface area contributed by atoms with Gasteiger partial charge < -0.3 is 14.5 Å². The van der Waals surface area contributed by atoms with Crippen LogP contribution in [0.15, 0.2) is 53.0 Å². The molecule has 1 N–H and O–H groups in total. The van der Waals surface area contributed by atoms with E-state index in [1.165, 1.54) is 12.2 Å². The molecule has 4 rings (SSSR count). The van der Waals surface area contributed by atoms with Gasteiger partial charge in [0.2, 0.25) is 11.3 Å². The molecular weight excluding hydrogens is 560 g/mol. The number of nitro groups is 1. The van der Waals surface area contributed by atoms with E-state index in [-0.39, 0.29) is 24.8 Å². The lowest BCUT2D eigenvalue weighted by Gasteiger charge is -2.31. The number of benzene rings is 1. The van der Waals surface area contributed by atoms with Crippen molar-refractivity contribution >= 4 is 11.5 Å². The summed E-state index contributed by atoms with van der Waals surface area (Å²) in [6, 6.07) is 7.64. The van der Waals surface area contributed by atoms with E-state index in [2.05, 4.69) is 20.5 Å². The van der Waals surface area contributed by atoms with E-state index in [1.54, 1.807) is 44.2 Å². The molecule has 0 amide bonds. The largest absolute Gasteiger partial charge is 0.426 e. The maximum atomic E-state index is 14.8. The smallest absolute Gasteiger partial charge is 0.415 e. The van der Waals surface area contributed by atoms with Crippen molar-refractivity contribution < 1.29 is 40.4 Å². The highest BCUT2D eigenvalue weighted by Gasteiger charge is 2.61. The van der Waals surface area contributed by atoms with Gasteiger partial charge in [0.15, 0.2) is 0 Å². The van der Waals surface area contributed by atoms with Gasteiger partial charge in [0.05, 0.1) is 11.5 Å². The van der Waals surface area contributed by atoms with Gasteiger partial charge in [-0.2, -0.15) is 26.3 Å². The molecule has 41 heavy (non-hydrogen) atoms. The third-order valence-electron chi connectivity index (χ3n) is 6.61. The van der Waals surface area contributed by atoms with Crippen LogP contribution < -0.4 is 5.32 Å². The van der Waals surface area contributed by atoms with Crippen molar-refractivity contribution in [2.24, 2.45) is 5.92 Å². The monoisotopic (exact) mass is 585 g/mol. The molecule has 220 valence electrons. The number of rotatable bonds is 5. The zero-order chi connectivity index (χ0) is 30.0. The molecule has 9 nitrogen and oxygen atoms in total. The highest BCUT2D eigenvalue weighted by atomic mass is 19.4. The standard InChI is InChI=1S/C26H25F6N5O4/c1-15(2)18-11-7-4-8-12-24(26(30,31)32,40-14-16-9-5-3-6-10-16)23-36-35-22(41-23)20-19(37(38)39)13-17(25(27,28)29)21(33-18)34-20/h3-6,8-10,13,15,18H,7,11-12,14H2,1-2H3,(H,33,34)/b8-4+/t18?,24-/m1/s1. The summed E-state index contributed by atoms with van der Waals surface area (Å²) in [6.45, 7) is 2.97. The molecule has 1 aromatic carbocycles. The van der Waals surface area contributed by atoms with E-state index in [0.717, 1.165) is 0 Å². The number of anilines is 1. The summed E-state index contributed by atoms with van der Waals surface area (Å²) in [5.41, 5.74) is -6.17. The average molecular weight is 586 g/mol. The Labute approximate surface area is 229 Å². The van der Waals surface area contributed by atoms with E-state index < -0.39 is 76.5 Å². The molecule has 1 unspecified atom stereocenters. The minimum atomic E-state index is -5.11. The molecule has 1 aliphatic rings. The van der Waals surface area contributed by atoms with Gasteiger partial charge in [0, 0.05) is 18.5 Å². The third kappa shape index (κ3) is 6.34. The lowest BCUT2D eigenvalue weighted by atomic mass is 9.96. The van der Waals surface area contributed by atoms with Crippen molar-refractivity contribution in [1.82, 2.24) is 15.2 Å². The number of allylic oxidation sites excluding steroid dienone is 1.